The van der Waals surface area contributed by atoms with E-state index in [1.807, 2.05) is 42.3 Å². The second-order valence-corrected chi connectivity index (χ2v) is 13.2. The van der Waals surface area contributed by atoms with Crippen molar-refractivity contribution in [1.82, 2.24) is 10.2 Å². The number of nitrogens with zero attached hydrogens (tertiary/aromatic N) is 3. The molecule has 5 heterocycles. The zero-order valence-corrected chi connectivity index (χ0v) is 24.6. The van der Waals surface area contributed by atoms with E-state index < -0.39 is 11.8 Å². The molecule has 2 amide bonds. The Morgan fingerprint density at radius 1 is 0.930 bits per heavy atom. The lowest BCUT2D eigenvalue weighted by molar-refractivity contribution is -0.206. The summed E-state index contributed by atoms with van der Waals surface area (Å²) >= 11 is 0. The van der Waals surface area contributed by atoms with E-state index in [1.165, 1.54) is 11.1 Å². The van der Waals surface area contributed by atoms with Crippen molar-refractivity contribution in [1.29, 1.82) is 0 Å². The van der Waals surface area contributed by atoms with Crippen LogP contribution < -0.4 is 15.1 Å². The third-order valence-corrected chi connectivity index (χ3v) is 11.5. The van der Waals surface area contributed by atoms with Crippen molar-refractivity contribution in [2.45, 2.75) is 61.4 Å². The Hall–Kier alpha value is -3.88. The van der Waals surface area contributed by atoms with Crippen LogP contribution in [0.5, 0.6) is 0 Å². The third-order valence-electron chi connectivity index (χ3n) is 11.5. The molecule has 8 nitrogen and oxygen atoms in total. The maximum absolute atomic E-state index is 13.9. The molecule has 4 fully saturated rings. The van der Waals surface area contributed by atoms with Crippen LogP contribution in [0.25, 0.3) is 0 Å². The number of nitrogens with one attached hydrogen (secondary N) is 1. The zero-order valence-electron chi connectivity index (χ0n) is 24.6. The maximum atomic E-state index is 13.9. The van der Waals surface area contributed by atoms with Gasteiger partial charge in [0.05, 0.1) is 24.0 Å². The van der Waals surface area contributed by atoms with Gasteiger partial charge in [0, 0.05) is 55.9 Å². The van der Waals surface area contributed by atoms with Gasteiger partial charge in [-0.3, -0.25) is 9.59 Å². The topological polar surface area (TPSA) is 74.3 Å². The van der Waals surface area contributed by atoms with Crippen LogP contribution in [0.2, 0.25) is 0 Å². The van der Waals surface area contributed by atoms with Crippen LogP contribution in [-0.2, 0) is 14.3 Å². The van der Waals surface area contributed by atoms with Crippen molar-refractivity contribution in [3.8, 4) is 0 Å². The summed E-state index contributed by atoms with van der Waals surface area (Å²) < 4.78 is 13.7. The molecule has 3 saturated heterocycles. The summed E-state index contributed by atoms with van der Waals surface area (Å²) in [5, 5.41) is 3.27. The van der Waals surface area contributed by atoms with Crippen molar-refractivity contribution >= 4 is 23.2 Å². The minimum atomic E-state index is -0.865. The zero-order chi connectivity index (χ0) is 29.2. The van der Waals surface area contributed by atoms with E-state index in [1.54, 1.807) is 7.11 Å². The molecule has 0 spiro atoms. The molecular weight excluding hydrogens is 540 g/mol. The number of para-hydroxylation sites is 2. The molecular formula is C35H36N4O4. The molecule has 0 radical (unpaired) electrons. The largest absolute Gasteiger partial charge is 0.374 e. The predicted molar refractivity (Wildman–Crippen MR) is 162 cm³/mol. The van der Waals surface area contributed by atoms with Crippen LogP contribution in [-0.4, -0.2) is 73.6 Å². The van der Waals surface area contributed by atoms with Gasteiger partial charge in [0.15, 0.2) is 5.72 Å². The third kappa shape index (κ3) is 3.13. The van der Waals surface area contributed by atoms with Gasteiger partial charge >= 0.3 is 0 Å². The molecule has 220 valence electrons. The highest BCUT2D eigenvalue weighted by molar-refractivity contribution is 5.94. The monoisotopic (exact) mass is 576 g/mol. The molecule has 0 aromatic heterocycles. The van der Waals surface area contributed by atoms with Crippen LogP contribution >= 0.6 is 0 Å². The quantitative estimate of drug-likeness (QED) is 0.510. The van der Waals surface area contributed by atoms with E-state index in [-0.39, 0.29) is 59.8 Å². The average Bonchev–Trinajstić information content (AvgIpc) is 3.68. The molecule has 1 aliphatic carbocycles. The Morgan fingerprint density at radius 3 is 2.35 bits per heavy atom. The first-order valence-electron chi connectivity index (χ1n) is 15.5. The predicted octanol–water partition coefficient (Wildman–Crippen LogP) is 3.94. The lowest BCUT2D eigenvalue weighted by atomic mass is 9.61. The molecule has 9 rings (SSSR count). The second kappa shape index (κ2) is 8.83. The molecule has 10 atom stereocenters. The van der Waals surface area contributed by atoms with E-state index in [0.29, 0.717) is 18.5 Å². The van der Waals surface area contributed by atoms with Crippen LogP contribution in [0, 0.1) is 11.8 Å². The van der Waals surface area contributed by atoms with E-state index in [2.05, 4.69) is 70.6 Å². The van der Waals surface area contributed by atoms with Crippen molar-refractivity contribution in [2.24, 2.45) is 11.8 Å². The average molecular weight is 577 g/mol. The Balaban J connectivity index is 1.26. The molecule has 43 heavy (non-hydrogen) atoms. The van der Waals surface area contributed by atoms with Crippen molar-refractivity contribution in [3.05, 3.63) is 95.6 Å². The number of hydrogen-bond acceptors (Lipinski definition) is 6. The Labute approximate surface area is 251 Å². The number of benzene rings is 3. The number of carbonyl (C=O) groups is 2. The van der Waals surface area contributed by atoms with Gasteiger partial charge in [-0.25, -0.2) is 0 Å². The number of methoxy groups -OCH3 is 1. The van der Waals surface area contributed by atoms with Gasteiger partial charge in [-0.15, -0.1) is 0 Å². The number of amides is 2. The summed E-state index contributed by atoms with van der Waals surface area (Å²) in [5.74, 6) is 0.430. The number of ether oxygens (including phenoxy) is 2. The number of hydrogen-bond donors (Lipinski definition) is 1. The number of rotatable bonds is 3. The van der Waals surface area contributed by atoms with Gasteiger partial charge in [0.25, 0.3) is 5.91 Å². The lowest BCUT2D eigenvalue weighted by Crippen LogP contribution is -2.70. The van der Waals surface area contributed by atoms with Crippen LogP contribution in [0.4, 0.5) is 11.4 Å². The van der Waals surface area contributed by atoms with Gasteiger partial charge in [-0.05, 0) is 48.2 Å². The smallest absolute Gasteiger partial charge is 0.253 e. The van der Waals surface area contributed by atoms with Crippen LogP contribution in [0.1, 0.15) is 46.7 Å². The van der Waals surface area contributed by atoms with Gasteiger partial charge in [-0.1, -0.05) is 54.6 Å². The number of anilines is 2. The highest BCUT2D eigenvalue weighted by atomic mass is 16.6. The molecule has 6 aliphatic rings. The molecule has 8 heteroatoms. The lowest BCUT2D eigenvalue weighted by Gasteiger charge is -2.54. The molecule has 3 aromatic carbocycles. The van der Waals surface area contributed by atoms with Crippen LogP contribution in [0.3, 0.4) is 0 Å². The van der Waals surface area contributed by atoms with Gasteiger partial charge in [-0.2, -0.15) is 0 Å². The first kappa shape index (κ1) is 25.6. The highest BCUT2D eigenvalue weighted by Gasteiger charge is 2.71. The SMILES string of the molecule is CO[C@@H]1[C@H](N(C)C(=O)c2ccccc2)C[C@@H]2O[C@]1(C)N1c3ccccc3C3C4CNC(=O)C4C4c5ccccc5N2C4C31. The van der Waals surface area contributed by atoms with E-state index in [9.17, 15) is 9.59 Å². The minimum Gasteiger partial charge on any atom is -0.374 e. The van der Waals surface area contributed by atoms with Crippen molar-refractivity contribution in [3.63, 3.8) is 0 Å². The van der Waals surface area contributed by atoms with E-state index in [0.717, 1.165) is 11.4 Å². The first-order valence-corrected chi connectivity index (χ1v) is 15.5. The Kier molecular flexibility index (Phi) is 5.26. The van der Waals surface area contributed by atoms with E-state index >= 15 is 0 Å². The fourth-order valence-corrected chi connectivity index (χ4v) is 10.1. The fraction of sp³-hybridized carbons (Fsp3) is 0.429. The molecule has 2 bridgehead atoms. The van der Waals surface area contributed by atoms with Gasteiger partial charge in [0.2, 0.25) is 5.91 Å². The molecule has 5 aliphatic heterocycles. The Morgan fingerprint density at radius 2 is 1.60 bits per heavy atom. The molecule has 3 aromatic rings. The summed E-state index contributed by atoms with van der Waals surface area (Å²) in [4.78, 5) is 34.4. The first-order chi connectivity index (χ1) is 20.9. The molecule has 6 unspecified atom stereocenters. The van der Waals surface area contributed by atoms with E-state index in [4.69, 9.17) is 9.47 Å². The van der Waals surface area contributed by atoms with Gasteiger partial charge < -0.3 is 29.5 Å². The summed E-state index contributed by atoms with van der Waals surface area (Å²) in [7, 11) is 3.64. The normalized spacial score (nSPS) is 37.6. The summed E-state index contributed by atoms with van der Waals surface area (Å²) in [6, 6.07) is 26.6. The van der Waals surface area contributed by atoms with Crippen molar-refractivity contribution < 1.29 is 19.1 Å². The molecule has 1 saturated carbocycles. The molecule has 1 N–H and O–H groups in total. The van der Waals surface area contributed by atoms with Gasteiger partial charge in [0.1, 0.15) is 12.3 Å². The summed E-state index contributed by atoms with van der Waals surface area (Å²) in [5.41, 5.74) is 4.60. The maximum Gasteiger partial charge on any atom is 0.253 e. The Bertz CT molecular complexity index is 1650. The summed E-state index contributed by atoms with van der Waals surface area (Å²) in [6.45, 7) is 2.84. The second-order valence-electron chi connectivity index (χ2n) is 13.2. The fourth-order valence-electron chi connectivity index (χ4n) is 10.1. The van der Waals surface area contributed by atoms with Crippen molar-refractivity contribution in [2.75, 3.05) is 30.5 Å². The highest BCUT2D eigenvalue weighted by Crippen LogP contribution is 2.66. The minimum absolute atomic E-state index is 0.0297. The number of fused-ring (bicyclic) bond motifs is 13. The summed E-state index contributed by atoms with van der Waals surface area (Å²) in [6.07, 6.45) is -0.126. The van der Waals surface area contributed by atoms with Crippen LogP contribution in [0.15, 0.2) is 78.9 Å². The standard InChI is InChI=1S/C35H36N4O4/c1-35-32(42-3)25(37(2)34(41)19-11-5-4-6-12-19)17-26(43-35)38-23-15-9-7-13-20(23)28-29-22(18-36-33(29)40)27-21-14-8-10-16-24(21)39(35)31(27)30(28)38/h4-16,22,25-32H,17-18H2,1-3H3,(H,36,40)/t22?,25-,26+,27?,28?,29?,30?,31?,32-,35+/m1/s1. The number of likely N-dealkylation sites (N-methyl/N-ethyl adjacent to an activating group) is 1. The number of carbonyl (C=O) groups excluding carboxylic acids is 2.